The van der Waals surface area contributed by atoms with Crippen LogP contribution in [0.25, 0.3) is 0 Å². The summed E-state index contributed by atoms with van der Waals surface area (Å²) in [6, 6.07) is 0. The Labute approximate surface area is 138 Å². The Bertz CT molecular complexity index is 387. The molecule has 0 aromatic carbocycles. The van der Waals surface area contributed by atoms with Gasteiger partial charge in [0, 0.05) is 25.2 Å². The van der Waals surface area contributed by atoms with E-state index in [4.69, 9.17) is 0 Å². The third-order valence-electron chi connectivity index (χ3n) is 7.11. The van der Waals surface area contributed by atoms with E-state index in [-0.39, 0.29) is 0 Å². The monoisotopic (exact) mass is 306 g/mol. The van der Waals surface area contributed by atoms with Crippen molar-refractivity contribution in [1.82, 2.24) is 9.80 Å². The molecule has 3 rings (SSSR count). The van der Waals surface area contributed by atoms with Crippen molar-refractivity contribution in [1.29, 1.82) is 0 Å². The van der Waals surface area contributed by atoms with Crippen molar-refractivity contribution in [2.75, 3.05) is 32.7 Å². The highest BCUT2D eigenvalue weighted by molar-refractivity contribution is 5.09. The Morgan fingerprint density at radius 2 is 1.50 bits per heavy atom. The van der Waals surface area contributed by atoms with Crippen molar-refractivity contribution in [2.45, 2.75) is 72.8 Å². The van der Waals surface area contributed by atoms with Crippen LogP contribution in [0.5, 0.6) is 0 Å². The zero-order valence-electron chi connectivity index (χ0n) is 15.9. The summed E-state index contributed by atoms with van der Waals surface area (Å²) in [5, 5.41) is 0. The maximum absolute atomic E-state index is 2.79. The number of hydrogen-bond donors (Lipinski definition) is 0. The van der Waals surface area contributed by atoms with Gasteiger partial charge >= 0.3 is 0 Å². The molecular formula is C20H38N2. The van der Waals surface area contributed by atoms with E-state index >= 15 is 0 Å². The van der Waals surface area contributed by atoms with Gasteiger partial charge in [0.25, 0.3) is 0 Å². The predicted octanol–water partition coefficient (Wildman–Crippen LogP) is 4.26. The van der Waals surface area contributed by atoms with E-state index in [1.807, 2.05) is 0 Å². The molecule has 3 aliphatic rings. The summed E-state index contributed by atoms with van der Waals surface area (Å²) in [7, 11) is 0. The number of nitrogens with zero attached hydrogens (tertiary/aromatic N) is 2. The minimum Gasteiger partial charge on any atom is -0.303 e. The summed E-state index contributed by atoms with van der Waals surface area (Å²) in [6.45, 7) is 21.2. The number of rotatable bonds is 2. The standard InChI is InChI=1S/C20H38N2/c1-18(2,3)16-8-11-21(12-9-16)13-17-7-10-20(17)14-22(15-20)19(4,5)6/h16-17H,7-15H2,1-6H3. The van der Waals surface area contributed by atoms with Crippen LogP contribution in [0.4, 0.5) is 0 Å². The van der Waals surface area contributed by atoms with E-state index in [0.29, 0.717) is 16.4 Å². The molecule has 1 unspecified atom stereocenters. The molecule has 0 bridgehead atoms. The van der Waals surface area contributed by atoms with Crippen molar-refractivity contribution in [3.8, 4) is 0 Å². The Morgan fingerprint density at radius 3 is 1.91 bits per heavy atom. The van der Waals surface area contributed by atoms with E-state index in [1.165, 1.54) is 58.4 Å². The molecular weight excluding hydrogens is 268 g/mol. The fourth-order valence-electron chi connectivity index (χ4n) is 4.94. The van der Waals surface area contributed by atoms with Crippen LogP contribution in [0.15, 0.2) is 0 Å². The van der Waals surface area contributed by atoms with Crippen LogP contribution in [0.2, 0.25) is 0 Å². The van der Waals surface area contributed by atoms with E-state index in [1.54, 1.807) is 0 Å². The lowest BCUT2D eigenvalue weighted by atomic mass is 9.55. The van der Waals surface area contributed by atoms with Gasteiger partial charge in [0.15, 0.2) is 0 Å². The summed E-state index contributed by atoms with van der Waals surface area (Å²) >= 11 is 0. The molecule has 22 heavy (non-hydrogen) atoms. The molecule has 128 valence electrons. The Hall–Kier alpha value is -0.0800. The molecule has 1 spiro atoms. The average Bonchev–Trinajstić information content (AvgIpc) is 2.31. The first-order chi connectivity index (χ1) is 10.1. The SMILES string of the molecule is CC(C)(C)C1CCN(CC2CCC23CN(C(C)(C)C)C3)CC1. The summed E-state index contributed by atoms with van der Waals surface area (Å²) in [5.74, 6) is 1.91. The van der Waals surface area contributed by atoms with E-state index in [9.17, 15) is 0 Å². The average molecular weight is 307 g/mol. The summed E-state index contributed by atoms with van der Waals surface area (Å²) in [6.07, 6.45) is 5.80. The first kappa shape index (κ1) is 16.8. The van der Waals surface area contributed by atoms with Crippen molar-refractivity contribution < 1.29 is 0 Å². The van der Waals surface area contributed by atoms with Crippen LogP contribution in [0, 0.1) is 22.7 Å². The van der Waals surface area contributed by atoms with Gasteiger partial charge in [0.2, 0.25) is 0 Å². The second-order valence-electron chi connectivity index (χ2n) is 10.6. The molecule has 0 radical (unpaired) electrons. The highest BCUT2D eigenvalue weighted by atomic mass is 15.3. The van der Waals surface area contributed by atoms with Gasteiger partial charge in [-0.3, -0.25) is 4.90 Å². The fourth-order valence-corrected chi connectivity index (χ4v) is 4.94. The van der Waals surface area contributed by atoms with Crippen LogP contribution >= 0.6 is 0 Å². The Balaban J connectivity index is 1.46. The molecule has 2 aliphatic heterocycles. The predicted molar refractivity (Wildman–Crippen MR) is 95.1 cm³/mol. The fraction of sp³-hybridized carbons (Fsp3) is 1.00. The molecule has 0 N–H and O–H groups in total. The normalized spacial score (nSPS) is 31.1. The van der Waals surface area contributed by atoms with Crippen LogP contribution in [-0.2, 0) is 0 Å². The second kappa shape index (κ2) is 5.48. The Morgan fingerprint density at radius 1 is 0.909 bits per heavy atom. The van der Waals surface area contributed by atoms with Gasteiger partial charge in [-0.05, 0) is 82.2 Å². The zero-order valence-corrected chi connectivity index (χ0v) is 15.9. The number of piperidine rings is 1. The van der Waals surface area contributed by atoms with Gasteiger partial charge in [-0.1, -0.05) is 20.8 Å². The van der Waals surface area contributed by atoms with Gasteiger partial charge in [-0.2, -0.15) is 0 Å². The molecule has 2 nitrogen and oxygen atoms in total. The Kier molecular flexibility index (Phi) is 4.18. The molecule has 2 heteroatoms. The van der Waals surface area contributed by atoms with Gasteiger partial charge in [-0.25, -0.2) is 0 Å². The minimum absolute atomic E-state index is 0.371. The summed E-state index contributed by atoms with van der Waals surface area (Å²) < 4.78 is 0. The van der Waals surface area contributed by atoms with Gasteiger partial charge in [0.05, 0.1) is 0 Å². The largest absolute Gasteiger partial charge is 0.303 e. The highest BCUT2D eigenvalue weighted by Crippen LogP contribution is 2.54. The number of likely N-dealkylation sites (tertiary alicyclic amines) is 2. The zero-order chi connectivity index (χ0) is 16.2. The molecule has 0 amide bonds. The van der Waals surface area contributed by atoms with Gasteiger partial charge in [-0.15, -0.1) is 0 Å². The van der Waals surface area contributed by atoms with Crippen molar-refractivity contribution in [3.63, 3.8) is 0 Å². The molecule has 2 heterocycles. The summed E-state index contributed by atoms with van der Waals surface area (Å²) in [5.41, 5.74) is 1.58. The molecule has 1 aliphatic carbocycles. The smallest absolute Gasteiger partial charge is 0.0125 e. The van der Waals surface area contributed by atoms with Gasteiger partial charge in [0.1, 0.15) is 0 Å². The second-order valence-corrected chi connectivity index (χ2v) is 10.6. The first-order valence-corrected chi connectivity index (χ1v) is 9.58. The number of hydrogen-bond acceptors (Lipinski definition) is 2. The van der Waals surface area contributed by atoms with Crippen molar-refractivity contribution in [2.24, 2.45) is 22.7 Å². The molecule has 1 atom stereocenters. The lowest BCUT2D eigenvalue weighted by Crippen LogP contribution is -2.69. The maximum Gasteiger partial charge on any atom is 0.0125 e. The summed E-state index contributed by atoms with van der Waals surface area (Å²) in [4.78, 5) is 5.47. The molecule has 1 saturated carbocycles. The van der Waals surface area contributed by atoms with E-state index in [2.05, 4.69) is 51.3 Å². The third-order valence-corrected chi connectivity index (χ3v) is 7.11. The lowest BCUT2D eigenvalue weighted by molar-refractivity contribution is -0.154. The van der Waals surface area contributed by atoms with Crippen LogP contribution in [-0.4, -0.2) is 48.1 Å². The van der Waals surface area contributed by atoms with Crippen LogP contribution in [0.3, 0.4) is 0 Å². The van der Waals surface area contributed by atoms with Crippen molar-refractivity contribution >= 4 is 0 Å². The van der Waals surface area contributed by atoms with Crippen LogP contribution < -0.4 is 0 Å². The van der Waals surface area contributed by atoms with Crippen LogP contribution in [0.1, 0.15) is 67.2 Å². The lowest BCUT2D eigenvalue weighted by Gasteiger charge is -2.65. The van der Waals surface area contributed by atoms with Crippen molar-refractivity contribution in [3.05, 3.63) is 0 Å². The third kappa shape index (κ3) is 3.11. The van der Waals surface area contributed by atoms with Gasteiger partial charge < -0.3 is 4.90 Å². The maximum atomic E-state index is 2.79. The van der Waals surface area contributed by atoms with E-state index < -0.39 is 0 Å². The molecule has 0 aromatic rings. The molecule has 2 saturated heterocycles. The van der Waals surface area contributed by atoms with E-state index in [0.717, 1.165) is 11.8 Å². The topological polar surface area (TPSA) is 6.48 Å². The first-order valence-electron chi connectivity index (χ1n) is 9.58. The minimum atomic E-state index is 0.371. The quantitative estimate of drug-likeness (QED) is 0.752. The molecule has 0 aromatic heterocycles. The highest BCUT2D eigenvalue weighted by Gasteiger charge is 2.56. The molecule has 3 fully saturated rings.